The first-order valence-corrected chi connectivity index (χ1v) is 8.01. The molecule has 6 nitrogen and oxygen atoms in total. The average molecular weight is 319 g/mol. The zero-order valence-corrected chi connectivity index (χ0v) is 13.1. The summed E-state index contributed by atoms with van der Waals surface area (Å²) in [5.74, 6) is 0.00521. The number of rotatable bonds is 4. The molecule has 0 atom stereocenters. The first kappa shape index (κ1) is 14.6. The molecule has 0 saturated carbocycles. The first-order chi connectivity index (χ1) is 11.8. The number of aromatic amines is 1. The van der Waals surface area contributed by atoms with Crippen molar-refractivity contribution in [3.05, 3.63) is 48.3 Å². The standard InChI is InChI=1S/C18H17N5O/c24-18-6-4-15(22-23-18)3-1-12-2-5-16-14(9-12)10-17(21-16)13-7-8-19-20-11-13/h2,5,7-11,21H,1,3-4,6H2,(H,23,24). The number of nitrogens with zero attached hydrogens (tertiary/aromatic N) is 3. The van der Waals surface area contributed by atoms with Gasteiger partial charge in [0.2, 0.25) is 5.91 Å². The predicted molar refractivity (Wildman–Crippen MR) is 92.5 cm³/mol. The minimum absolute atomic E-state index is 0.00521. The van der Waals surface area contributed by atoms with Crippen molar-refractivity contribution < 1.29 is 4.79 Å². The second kappa shape index (κ2) is 6.23. The molecule has 6 heteroatoms. The zero-order chi connectivity index (χ0) is 16.4. The fourth-order valence-electron chi connectivity index (χ4n) is 2.92. The van der Waals surface area contributed by atoms with Crippen LogP contribution in [-0.2, 0) is 11.2 Å². The molecule has 1 aromatic carbocycles. The molecule has 1 amide bonds. The largest absolute Gasteiger partial charge is 0.354 e. The van der Waals surface area contributed by atoms with Crippen LogP contribution in [0.25, 0.3) is 22.2 Å². The Morgan fingerprint density at radius 1 is 1.04 bits per heavy atom. The number of nitrogens with one attached hydrogen (secondary N) is 2. The van der Waals surface area contributed by atoms with E-state index >= 15 is 0 Å². The highest BCUT2D eigenvalue weighted by molar-refractivity contribution is 5.92. The number of aromatic nitrogens is 3. The number of hydrogen-bond donors (Lipinski definition) is 2. The Balaban J connectivity index is 1.52. The molecule has 0 aliphatic carbocycles. The van der Waals surface area contributed by atoms with Gasteiger partial charge in [-0.05, 0) is 49.1 Å². The van der Waals surface area contributed by atoms with Gasteiger partial charge in [0, 0.05) is 34.3 Å². The summed E-state index contributed by atoms with van der Waals surface area (Å²) in [6.07, 6.45) is 6.53. The molecule has 120 valence electrons. The smallest absolute Gasteiger partial charge is 0.240 e. The number of benzene rings is 1. The van der Waals surface area contributed by atoms with Crippen LogP contribution >= 0.6 is 0 Å². The molecule has 2 aromatic heterocycles. The quantitative estimate of drug-likeness (QED) is 0.775. The number of hydrogen-bond acceptors (Lipinski definition) is 4. The van der Waals surface area contributed by atoms with Crippen molar-refractivity contribution in [1.29, 1.82) is 0 Å². The Bertz CT molecular complexity index is 914. The maximum Gasteiger partial charge on any atom is 0.240 e. The number of carbonyl (C=O) groups excluding carboxylic acids is 1. The van der Waals surface area contributed by atoms with Gasteiger partial charge in [-0.15, -0.1) is 0 Å². The van der Waals surface area contributed by atoms with Gasteiger partial charge in [-0.1, -0.05) is 6.07 Å². The highest BCUT2D eigenvalue weighted by Gasteiger charge is 2.11. The lowest BCUT2D eigenvalue weighted by Crippen LogP contribution is -2.25. The first-order valence-electron chi connectivity index (χ1n) is 8.01. The lowest BCUT2D eigenvalue weighted by atomic mass is 10.0. The molecule has 0 fully saturated rings. The van der Waals surface area contributed by atoms with Crippen molar-refractivity contribution in [2.75, 3.05) is 0 Å². The highest BCUT2D eigenvalue weighted by Crippen LogP contribution is 2.24. The molecule has 3 aromatic rings. The van der Waals surface area contributed by atoms with Gasteiger partial charge in [0.25, 0.3) is 0 Å². The van der Waals surface area contributed by atoms with Gasteiger partial charge >= 0.3 is 0 Å². The highest BCUT2D eigenvalue weighted by atomic mass is 16.2. The summed E-state index contributed by atoms with van der Waals surface area (Å²) in [6, 6.07) is 10.5. The zero-order valence-electron chi connectivity index (χ0n) is 13.1. The predicted octanol–water partition coefficient (Wildman–Crippen LogP) is 2.82. The molecule has 0 spiro atoms. The summed E-state index contributed by atoms with van der Waals surface area (Å²) in [5.41, 5.74) is 8.05. The SMILES string of the molecule is O=C1CCC(CCc2ccc3[nH]c(-c4ccnnc4)cc3c2)=NN1. The van der Waals surface area contributed by atoms with E-state index in [1.54, 1.807) is 12.4 Å². The van der Waals surface area contributed by atoms with Gasteiger partial charge in [0.05, 0.1) is 12.4 Å². The van der Waals surface area contributed by atoms with Crippen LogP contribution in [0.3, 0.4) is 0 Å². The van der Waals surface area contributed by atoms with Gasteiger partial charge in [0.1, 0.15) is 0 Å². The van der Waals surface area contributed by atoms with E-state index < -0.39 is 0 Å². The monoisotopic (exact) mass is 319 g/mol. The molecule has 2 N–H and O–H groups in total. The van der Waals surface area contributed by atoms with Gasteiger partial charge in [-0.3, -0.25) is 4.79 Å². The van der Waals surface area contributed by atoms with E-state index in [-0.39, 0.29) is 5.91 Å². The minimum atomic E-state index is 0.00521. The van der Waals surface area contributed by atoms with E-state index in [4.69, 9.17) is 0 Å². The Kier molecular flexibility index (Phi) is 3.78. The molecule has 24 heavy (non-hydrogen) atoms. The van der Waals surface area contributed by atoms with E-state index in [0.29, 0.717) is 6.42 Å². The number of carbonyl (C=O) groups is 1. The van der Waals surface area contributed by atoms with Crippen LogP contribution in [0.15, 0.2) is 47.8 Å². The molecule has 1 aliphatic heterocycles. The van der Waals surface area contributed by atoms with Crippen LogP contribution in [-0.4, -0.2) is 26.8 Å². The molecular formula is C18H17N5O. The van der Waals surface area contributed by atoms with Gasteiger partial charge < -0.3 is 4.98 Å². The van der Waals surface area contributed by atoms with E-state index in [1.807, 2.05) is 6.07 Å². The molecule has 0 unspecified atom stereocenters. The van der Waals surface area contributed by atoms with E-state index in [0.717, 1.165) is 41.7 Å². The van der Waals surface area contributed by atoms with E-state index in [9.17, 15) is 4.79 Å². The number of amides is 1. The maximum atomic E-state index is 11.1. The number of aryl methyl sites for hydroxylation is 1. The summed E-state index contributed by atoms with van der Waals surface area (Å²) in [5, 5.41) is 13.0. The molecule has 1 aliphatic rings. The third-order valence-corrected chi connectivity index (χ3v) is 4.26. The molecule has 0 saturated heterocycles. The lowest BCUT2D eigenvalue weighted by Gasteiger charge is -2.11. The second-order valence-corrected chi connectivity index (χ2v) is 5.95. The molecular weight excluding hydrogens is 302 g/mol. The Labute approximate surface area is 139 Å². The average Bonchev–Trinajstić information content (AvgIpc) is 3.05. The molecule has 0 radical (unpaired) electrons. The molecule has 3 heterocycles. The van der Waals surface area contributed by atoms with Crippen LogP contribution in [0.5, 0.6) is 0 Å². The van der Waals surface area contributed by atoms with Crippen molar-refractivity contribution in [3.8, 4) is 11.3 Å². The van der Waals surface area contributed by atoms with Gasteiger partial charge in [0.15, 0.2) is 0 Å². The normalized spacial score (nSPS) is 14.5. The van der Waals surface area contributed by atoms with Crippen molar-refractivity contribution in [2.45, 2.75) is 25.7 Å². The van der Waals surface area contributed by atoms with E-state index in [2.05, 4.69) is 50.0 Å². The topological polar surface area (TPSA) is 83.0 Å². The maximum absolute atomic E-state index is 11.1. The Morgan fingerprint density at radius 2 is 2.00 bits per heavy atom. The van der Waals surface area contributed by atoms with Gasteiger partial charge in [-0.25, -0.2) is 5.43 Å². The van der Waals surface area contributed by atoms with Crippen LogP contribution in [0.4, 0.5) is 0 Å². The fraction of sp³-hybridized carbons (Fsp3) is 0.222. The number of H-pyrrole nitrogens is 1. The molecule has 0 bridgehead atoms. The summed E-state index contributed by atoms with van der Waals surface area (Å²) in [7, 11) is 0. The summed E-state index contributed by atoms with van der Waals surface area (Å²) >= 11 is 0. The summed E-state index contributed by atoms with van der Waals surface area (Å²) in [4.78, 5) is 14.5. The summed E-state index contributed by atoms with van der Waals surface area (Å²) < 4.78 is 0. The fourth-order valence-corrected chi connectivity index (χ4v) is 2.92. The Hall–Kier alpha value is -3.02. The van der Waals surface area contributed by atoms with E-state index in [1.165, 1.54) is 10.9 Å². The second-order valence-electron chi connectivity index (χ2n) is 5.95. The van der Waals surface area contributed by atoms with Crippen molar-refractivity contribution in [1.82, 2.24) is 20.6 Å². The van der Waals surface area contributed by atoms with Crippen LogP contribution in [0, 0.1) is 0 Å². The van der Waals surface area contributed by atoms with Crippen molar-refractivity contribution in [3.63, 3.8) is 0 Å². The van der Waals surface area contributed by atoms with Crippen LogP contribution < -0.4 is 5.43 Å². The molecule has 4 rings (SSSR count). The van der Waals surface area contributed by atoms with Crippen molar-refractivity contribution in [2.24, 2.45) is 5.10 Å². The van der Waals surface area contributed by atoms with Crippen LogP contribution in [0.2, 0.25) is 0 Å². The summed E-state index contributed by atoms with van der Waals surface area (Å²) in [6.45, 7) is 0. The third kappa shape index (κ3) is 3.03. The van der Waals surface area contributed by atoms with Gasteiger partial charge in [-0.2, -0.15) is 15.3 Å². The number of hydrazone groups is 1. The Morgan fingerprint density at radius 3 is 2.79 bits per heavy atom. The number of fused-ring (bicyclic) bond motifs is 1. The van der Waals surface area contributed by atoms with Crippen LogP contribution in [0.1, 0.15) is 24.8 Å². The minimum Gasteiger partial charge on any atom is -0.354 e. The lowest BCUT2D eigenvalue weighted by molar-refractivity contribution is -0.121. The third-order valence-electron chi connectivity index (χ3n) is 4.26. The van der Waals surface area contributed by atoms with Crippen molar-refractivity contribution >= 4 is 22.5 Å².